The predicted octanol–water partition coefficient (Wildman–Crippen LogP) is 1.93. The van der Waals surface area contributed by atoms with Gasteiger partial charge in [-0.1, -0.05) is 6.07 Å². The van der Waals surface area contributed by atoms with Crippen LogP contribution in [0.15, 0.2) is 52.4 Å². The molecule has 2 N–H and O–H groups in total. The number of carbonyl (C=O) groups excluding carboxylic acids is 2. The third-order valence-electron chi connectivity index (χ3n) is 3.47. The number of anilines is 2. The number of hydrogen-bond donors (Lipinski definition) is 2. The van der Waals surface area contributed by atoms with E-state index in [1.165, 1.54) is 30.1 Å². The monoisotopic (exact) mass is 377 g/mol. The van der Waals surface area contributed by atoms with E-state index in [1.807, 2.05) is 0 Å². The standard InChI is InChI=1S/C16H15N3O4S2/c20-15(19-14-3-1-2-7-17-14)6-8-25(22,23)11-4-5-13-12(9-11)18-16(21)10-24-13/h1-5,7,9H,6,8,10H2,(H,18,21)(H,17,19,20). The van der Waals surface area contributed by atoms with Crippen molar-refractivity contribution < 1.29 is 18.0 Å². The van der Waals surface area contributed by atoms with Gasteiger partial charge in [0.05, 0.1) is 22.1 Å². The fraction of sp³-hybridized carbons (Fsp3) is 0.188. The van der Waals surface area contributed by atoms with Gasteiger partial charge in [-0.3, -0.25) is 9.59 Å². The minimum absolute atomic E-state index is 0.0830. The number of nitrogens with one attached hydrogen (secondary N) is 2. The third-order valence-corrected chi connectivity index (χ3v) is 6.26. The molecule has 0 saturated carbocycles. The number of sulfone groups is 1. The molecule has 9 heteroatoms. The average Bonchev–Trinajstić information content (AvgIpc) is 2.60. The SMILES string of the molecule is O=C(CCS(=O)(=O)c1ccc2c(c1)NC(=O)CS2)Nc1ccccn1. The number of pyridine rings is 1. The van der Waals surface area contributed by atoms with E-state index in [0.29, 0.717) is 17.3 Å². The number of thioether (sulfide) groups is 1. The van der Waals surface area contributed by atoms with Gasteiger partial charge in [-0.25, -0.2) is 13.4 Å². The summed E-state index contributed by atoms with van der Waals surface area (Å²) in [5.41, 5.74) is 0.486. The van der Waals surface area contributed by atoms with E-state index in [4.69, 9.17) is 0 Å². The predicted molar refractivity (Wildman–Crippen MR) is 95.3 cm³/mol. The first kappa shape index (κ1) is 17.4. The van der Waals surface area contributed by atoms with Gasteiger partial charge >= 0.3 is 0 Å². The maximum absolute atomic E-state index is 12.4. The van der Waals surface area contributed by atoms with E-state index in [2.05, 4.69) is 15.6 Å². The highest BCUT2D eigenvalue weighted by Gasteiger charge is 2.21. The van der Waals surface area contributed by atoms with Gasteiger partial charge in [0.2, 0.25) is 11.8 Å². The van der Waals surface area contributed by atoms with Crippen LogP contribution in [0.2, 0.25) is 0 Å². The van der Waals surface area contributed by atoms with Crippen molar-refractivity contribution in [2.75, 3.05) is 22.1 Å². The van der Waals surface area contributed by atoms with Crippen molar-refractivity contribution in [3.8, 4) is 0 Å². The molecule has 1 aromatic carbocycles. The fourth-order valence-corrected chi connectivity index (χ4v) is 4.29. The Morgan fingerprint density at radius 1 is 1.28 bits per heavy atom. The van der Waals surface area contributed by atoms with E-state index in [9.17, 15) is 18.0 Å². The third kappa shape index (κ3) is 4.37. The number of nitrogens with zero attached hydrogens (tertiary/aromatic N) is 1. The highest BCUT2D eigenvalue weighted by molar-refractivity contribution is 8.00. The molecule has 7 nitrogen and oxygen atoms in total. The Kier molecular flexibility index (Phi) is 5.05. The van der Waals surface area contributed by atoms with Crippen molar-refractivity contribution in [3.05, 3.63) is 42.6 Å². The summed E-state index contributed by atoms with van der Waals surface area (Å²) in [7, 11) is -3.64. The maximum Gasteiger partial charge on any atom is 0.234 e. The van der Waals surface area contributed by atoms with Gasteiger partial charge in [0, 0.05) is 17.5 Å². The molecule has 1 aromatic heterocycles. The molecule has 0 saturated heterocycles. The van der Waals surface area contributed by atoms with Gasteiger partial charge in [0.25, 0.3) is 0 Å². The molecule has 2 amide bonds. The fourth-order valence-electron chi connectivity index (χ4n) is 2.24. The maximum atomic E-state index is 12.4. The van der Waals surface area contributed by atoms with Gasteiger partial charge in [0.15, 0.2) is 9.84 Å². The zero-order chi connectivity index (χ0) is 17.9. The summed E-state index contributed by atoms with van der Waals surface area (Å²) < 4.78 is 24.9. The quantitative estimate of drug-likeness (QED) is 0.825. The van der Waals surface area contributed by atoms with Gasteiger partial charge < -0.3 is 10.6 Å². The molecule has 0 atom stereocenters. The van der Waals surface area contributed by atoms with Crippen molar-refractivity contribution in [2.24, 2.45) is 0 Å². The van der Waals surface area contributed by atoms with Crippen LogP contribution in [-0.2, 0) is 19.4 Å². The van der Waals surface area contributed by atoms with Gasteiger partial charge in [-0.15, -0.1) is 11.8 Å². The van der Waals surface area contributed by atoms with Gasteiger partial charge in [-0.05, 0) is 30.3 Å². The molecule has 1 aliphatic rings. The number of amides is 2. The minimum Gasteiger partial charge on any atom is -0.324 e. The first-order chi connectivity index (χ1) is 11.9. The summed E-state index contributed by atoms with van der Waals surface area (Å²) in [6, 6.07) is 9.66. The number of rotatable bonds is 5. The lowest BCUT2D eigenvalue weighted by molar-refractivity contribution is -0.116. The Bertz CT molecular complexity index is 914. The summed E-state index contributed by atoms with van der Waals surface area (Å²) in [5, 5.41) is 5.21. The Hall–Kier alpha value is -2.39. The first-order valence-electron chi connectivity index (χ1n) is 7.44. The van der Waals surface area contributed by atoms with Crippen molar-refractivity contribution >= 4 is 44.9 Å². The largest absolute Gasteiger partial charge is 0.324 e. The van der Waals surface area contributed by atoms with E-state index < -0.39 is 15.7 Å². The van der Waals surface area contributed by atoms with Crippen LogP contribution in [0, 0.1) is 0 Å². The summed E-state index contributed by atoms with van der Waals surface area (Å²) in [5.74, 6) is -0.234. The summed E-state index contributed by atoms with van der Waals surface area (Å²) in [6.45, 7) is 0. The number of benzene rings is 1. The van der Waals surface area contributed by atoms with Crippen LogP contribution in [0.5, 0.6) is 0 Å². The number of aromatic nitrogens is 1. The zero-order valence-corrected chi connectivity index (χ0v) is 14.7. The smallest absolute Gasteiger partial charge is 0.234 e. The Morgan fingerprint density at radius 3 is 2.88 bits per heavy atom. The van der Waals surface area contributed by atoms with Crippen molar-refractivity contribution in [1.82, 2.24) is 4.98 Å². The molecule has 2 heterocycles. The Labute approximate surface area is 149 Å². The lowest BCUT2D eigenvalue weighted by Gasteiger charge is -2.17. The normalized spacial score (nSPS) is 13.7. The van der Waals surface area contributed by atoms with Crippen LogP contribution in [0.1, 0.15) is 6.42 Å². The molecular weight excluding hydrogens is 362 g/mol. The molecule has 0 aliphatic carbocycles. The summed E-state index contributed by atoms with van der Waals surface area (Å²) in [6.07, 6.45) is 1.35. The highest BCUT2D eigenvalue weighted by Crippen LogP contribution is 2.33. The summed E-state index contributed by atoms with van der Waals surface area (Å²) >= 11 is 1.36. The van der Waals surface area contributed by atoms with E-state index in [-0.39, 0.29) is 23.0 Å². The molecule has 1 aliphatic heterocycles. The molecule has 130 valence electrons. The average molecular weight is 377 g/mol. The zero-order valence-electron chi connectivity index (χ0n) is 13.1. The van der Waals surface area contributed by atoms with Crippen LogP contribution >= 0.6 is 11.8 Å². The minimum atomic E-state index is -3.64. The molecule has 0 radical (unpaired) electrons. The Morgan fingerprint density at radius 2 is 2.12 bits per heavy atom. The van der Waals surface area contributed by atoms with Crippen molar-refractivity contribution in [2.45, 2.75) is 16.2 Å². The van der Waals surface area contributed by atoms with E-state index >= 15 is 0 Å². The van der Waals surface area contributed by atoms with Crippen LogP contribution in [0.3, 0.4) is 0 Å². The lowest BCUT2D eigenvalue weighted by atomic mass is 10.3. The molecule has 2 aromatic rings. The lowest BCUT2D eigenvalue weighted by Crippen LogP contribution is -2.20. The number of fused-ring (bicyclic) bond motifs is 1. The summed E-state index contributed by atoms with van der Waals surface area (Å²) in [4.78, 5) is 28.2. The van der Waals surface area contributed by atoms with Crippen LogP contribution < -0.4 is 10.6 Å². The van der Waals surface area contributed by atoms with Crippen LogP contribution in [0.25, 0.3) is 0 Å². The van der Waals surface area contributed by atoms with Crippen molar-refractivity contribution in [3.63, 3.8) is 0 Å². The molecule has 25 heavy (non-hydrogen) atoms. The molecule has 0 fully saturated rings. The highest BCUT2D eigenvalue weighted by atomic mass is 32.2. The van der Waals surface area contributed by atoms with Crippen LogP contribution in [0.4, 0.5) is 11.5 Å². The second-order valence-electron chi connectivity index (χ2n) is 5.33. The molecule has 0 spiro atoms. The first-order valence-corrected chi connectivity index (χ1v) is 10.1. The topological polar surface area (TPSA) is 105 Å². The van der Waals surface area contributed by atoms with Crippen molar-refractivity contribution in [1.29, 1.82) is 0 Å². The van der Waals surface area contributed by atoms with E-state index in [1.54, 1.807) is 24.3 Å². The van der Waals surface area contributed by atoms with E-state index in [0.717, 1.165) is 4.90 Å². The number of carbonyl (C=O) groups is 2. The molecule has 3 rings (SSSR count). The number of hydrogen-bond acceptors (Lipinski definition) is 6. The van der Waals surface area contributed by atoms with Gasteiger partial charge in [0.1, 0.15) is 5.82 Å². The second kappa shape index (κ2) is 7.24. The van der Waals surface area contributed by atoms with Gasteiger partial charge in [-0.2, -0.15) is 0 Å². The Balaban J connectivity index is 1.67. The second-order valence-corrected chi connectivity index (χ2v) is 8.45. The molecule has 0 unspecified atom stereocenters. The molecule has 0 bridgehead atoms. The van der Waals surface area contributed by atoms with Crippen LogP contribution in [-0.4, -0.2) is 36.7 Å². The molecular formula is C16H15N3O4S2.